The summed E-state index contributed by atoms with van der Waals surface area (Å²) in [5.74, 6) is 0.479. The van der Waals surface area contributed by atoms with Crippen LogP contribution in [-0.2, 0) is 12.8 Å². The summed E-state index contributed by atoms with van der Waals surface area (Å²) < 4.78 is 0. The van der Waals surface area contributed by atoms with Crippen LogP contribution in [0.1, 0.15) is 67.9 Å². The Morgan fingerprint density at radius 1 is 1.06 bits per heavy atom. The Kier molecular flexibility index (Phi) is 5.90. The molecule has 1 aromatic carbocycles. The van der Waals surface area contributed by atoms with Gasteiger partial charge in [-0.2, -0.15) is 0 Å². The molecule has 0 radical (unpaired) electrons. The van der Waals surface area contributed by atoms with Crippen LogP contribution in [0.3, 0.4) is 0 Å². The fraction of sp³-hybridized carbons (Fsp3) is 0.562. The number of benzene rings is 1. The molecule has 1 rings (SSSR count). The Hall–Kier alpha value is -1.31. The van der Waals surface area contributed by atoms with Gasteiger partial charge in [0.15, 0.2) is 5.78 Å². The predicted octanol–water partition coefficient (Wildman–Crippen LogP) is 4.28. The second-order valence-corrected chi connectivity index (χ2v) is 4.91. The molecule has 0 saturated heterocycles. The Morgan fingerprint density at radius 2 is 1.50 bits per heavy atom. The van der Waals surface area contributed by atoms with Crippen molar-refractivity contribution in [3.05, 3.63) is 28.8 Å². The lowest BCUT2D eigenvalue weighted by molar-refractivity contribution is 0.101. The van der Waals surface area contributed by atoms with Crippen LogP contribution in [0.2, 0.25) is 0 Å². The van der Waals surface area contributed by atoms with E-state index in [1.807, 2.05) is 12.1 Å². The van der Waals surface area contributed by atoms with Crippen LogP contribution in [0.15, 0.2) is 12.1 Å². The van der Waals surface area contributed by atoms with Gasteiger partial charge < -0.3 is 5.11 Å². The van der Waals surface area contributed by atoms with E-state index in [0.717, 1.165) is 55.2 Å². The zero-order valence-electron chi connectivity index (χ0n) is 11.8. The Labute approximate surface area is 110 Å². The lowest BCUT2D eigenvalue weighted by atomic mass is 9.96. The van der Waals surface area contributed by atoms with E-state index in [9.17, 15) is 9.90 Å². The van der Waals surface area contributed by atoms with Crippen molar-refractivity contribution in [3.8, 4) is 5.75 Å². The van der Waals surface area contributed by atoms with Crippen LogP contribution < -0.4 is 0 Å². The van der Waals surface area contributed by atoms with E-state index >= 15 is 0 Å². The number of hydrogen-bond donors (Lipinski definition) is 1. The van der Waals surface area contributed by atoms with Crippen molar-refractivity contribution in [3.63, 3.8) is 0 Å². The van der Waals surface area contributed by atoms with E-state index in [2.05, 4.69) is 13.8 Å². The normalized spacial score (nSPS) is 10.6. The molecule has 0 atom stereocenters. The molecule has 100 valence electrons. The number of Topliss-reactive ketones (excluding diaryl/α,β-unsaturated/α-hetero) is 1. The quantitative estimate of drug-likeness (QED) is 0.731. The molecule has 0 amide bonds. The summed E-state index contributed by atoms with van der Waals surface area (Å²) in [4.78, 5) is 11.5. The molecule has 0 aromatic heterocycles. The molecule has 1 N–H and O–H groups in total. The maximum absolute atomic E-state index is 11.5. The van der Waals surface area contributed by atoms with Crippen molar-refractivity contribution in [2.75, 3.05) is 0 Å². The molecule has 0 fully saturated rings. The molecule has 0 aliphatic carbocycles. The van der Waals surface area contributed by atoms with E-state index in [1.165, 1.54) is 0 Å². The number of hydrogen-bond acceptors (Lipinski definition) is 2. The second kappa shape index (κ2) is 7.20. The summed E-state index contributed by atoms with van der Waals surface area (Å²) in [6.07, 6.45) is 5.97. The van der Waals surface area contributed by atoms with Crippen LogP contribution in [0.4, 0.5) is 0 Å². The van der Waals surface area contributed by atoms with Gasteiger partial charge in [0.25, 0.3) is 0 Å². The Balaban J connectivity index is 3.07. The van der Waals surface area contributed by atoms with E-state index < -0.39 is 0 Å². The first-order chi connectivity index (χ1) is 8.60. The maximum Gasteiger partial charge on any atom is 0.159 e. The number of ketones is 1. The molecule has 0 saturated carbocycles. The van der Waals surface area contributed by atoms with E-state index in [4.69, 9.17) is 0 Å². The van der Waals surface area contributed by atoms with Crippen molar-refractivity contribution in [2.45, 2.75) is 59.3 Å². The van der Waals surface area contributed by atoms with Crippen LogP contribution in [-0.4, -0.2) is 10.9 Å². The van der Waals surface area contributed by atoms with Gasteiger partial charge in [-0.15, -0.1) is 0 Å². The average molecular weight is 248 g/mol. The van der Waals surface area contributed by atoms with Gasteiger partial charge in [-0.25, -0.2) is 0 Å². The van der Waals surface area contributed by atoms with Crippen molar-refractivity contribution in [2.24, 2.45) is 0 Å². The number of phenols is 1. The number of unbranched alkanes of at least 4 members (excludes halogenated alkanes) is 2. The van der Waals surface area contributed by atoms with E-state index in [0.29, 0.717) is 5.75 Å². The summed E-state index contributed by atoms with van der Waals surface area (Å²) in [5.41, 5.74) is 2.58. The highest BCUT2D eigenvalue weighted by molar-refractivity contribution is 5.94. The third-order valence-electron chi connectivity index (χ3n) is 3.27. The molecule has 0 unspecified atom stereocenters. The van der Waals surface area contributed by atoms with Gasteiger partial charge in [0.2, 0.25) is 0 Å². The minimum atomic E-state index is 0.0745. The Morgan fingerprint density at radius 3 is 1.83 bits per heavy atom. The highest BCUT2D eigenvalue weighted by Gasteiger charge is 2.11. The zero-order chi connectivity index (χ0) is 13.5. The molecule has 0 heterocycles. The molecule has 0 spiro atoms. The number of aryl methyl sites for hydroxylation is 2. The molecular formula is C16H24O2. The molecule has 1 aromatic rings. The summed E-state index contributed by atoms with van der Waals surface area (Å²) in [7, 11) is 0. The number of carbonyl (C=O) groups excluding carboxylic acids is 1. The van der Waals surface area contributed by atoms with E-state index in [1.54, 1.807) is 6.92 Å². The topological polar surface area (TPSA) is 37.3 Å². The summed E-state index contributed by atoms with van der Waals surface area (Å²) in [6.45, 7) is 5.84. The molecule has 0 aliphatic rings. The number of rotatable bonds is 7. The average Bonchev–Trinajstić information content (AvgIpc) is 2.35. The van der Waals surface area contributed by atoms with Gasteiger partial charge in [0, 0.05) is 5.56 Å². The van der Waals surface area contributed by atoms with Gasteiger partial charge in [-0.3, -0.25) is 4.79 Å². The highest BCUT2D eigenvalue weighted by Crippen LogP contribution is 2.28. The molecule has 0 bridgehead atoms. The van der Waals surface area contributed by atoms with Crippen molar-refractivity contribution in [1.82, 2.24) is 0 Å². The fourth-order valence-corrected chi connectivity index (χ4v) is 2.08. The first-order valence-electron chi connectivity index (χ1n) is 6.95. The minimum Gasteiger partial charge on any atom is -0.507 e. The standard InChI is InChI=1S/C16H24O2/c1-4-6-8-13-10-15(12(3)17)11-14(16(13)18)9-7-5-2/h10-11,18H,4-9H2,1-3H3. The van der Waals surface area contributed by atoms with Gasteiger partial charge in [0.1, 0.15) is 5.75 Å². The molecule has 2 nitrogen and oxygen atoms in total. The summed E-state index contributed by atoms with van der Waals surface area (Å²) in [5, 5.41) is 10.2. The second-order valence-electron chi connectivity index (χ2n) is 4.91. The smallest absolute Gasteiger partial charge is 0.159 e. The highest BCUT2D eigenvalue weighted by atomic mass is 16.3. The summed E-state index contributed by atoms with van der Waals surface area (Å²) in [6, 6.07) is 3.70. The minimum absolute atomic E-state index is 0.0745. The Bertz CT molecular complexity index is 379. The number of phenolic OH excluding ortho intramolecular Hbond substituents is 1. The van der Waals surface area contributed by atoms with Crippen LogP contribution in [0, 0.1) is 0 Å². The largest absolute Gasteiger partial charge is 0.507 e. The van der Waals surface area contributed by atoms with Crippen LogP contribution in [0.25, 0.3) is 0 Å². The third kappa shape index (κ3) is 3.86. The molecule has 2 heteroatoms. The number of carbonyl (C=O) groups is 1. The van der Waals surface area contributed by atoms with Crippen LogP contribution >= 0.6 is 0 Å². The van der Waals surface area contributed by atoms with Gasteiger partial charge in [-0.1, -0.05) is 26.7 Å². The lowest BCUT2D eigenvalue weighted by Gasteiger charge is -2.12. The SMILES string of the molecule is CCCCc1cc(C(C)=O)cc(CCCC)c1O. The maximum atomic E-state index is 11.5. The number of aromatic hydroxyl groups is 1. The summed E-state index contributed by atoms with van der Waals surface area (Å²) >= 11 is 0. The zero-order valence-corrected chi connectivity index (χ0v) is 11.8. The molecule has 18 heavy (non-hydrogen) atoms. The van der Waals surface area contributed by atoms with Crippen molar-refractivity contribution >= 4 is 5.78 Å². The monoisotopic (exact) mass is 248 g/mol. The lowest BCUT2D eigenvalue weighted by Crippen LogP contribution is -1.99. The first-order valence-corrected chi connectivity index (χ1v) is 6.95. The van der Waals surface area contributed by atoms with Gasteiger partial charge in [-0.05, 0) is 55.9 Å². The van der Waals surface area contributed by atoms with E-state index in [-0.39, 0.29) is 5.78 Å². The van der Waals surface area contributed by atoms with Gasteiger partial charge in [0.05, 0.1) is 0 Å². The van der Waals surface area contributed by atoms with Crippen LogP contribution in [0.5, 0.6) is 5.75 Å². The molecular weight excluding hydrogens is 224 g/mol. The van der Waals surface area contributed by atoms with Gasteiger partial charge >= 0.3 is 0 Å². The van der Waals surface area contributed by atoms with Crippen molar-refractivity contribution < 1.29 is 9.90 Å². The first kappa shape index (κ1) is 14.7. The molecule has 0 aliphatic heterocycles. The van der Waals surface area contributed by atoms with Crippen molar-refractivity contribution in [1.29, 1.82) is 0 Å². The fourth-order valence-electron chi connectivity index (χ4n) is 2.08. The predicted molar refractivity (Wildman–Crippen MR) is 75.3 cm³/mol. The third-order valence-corrected chi connectivity index (χ3v) is 3.27.